The van der Waals surface area contributed by atoms with Crippen molar-refractivity contribution in [2.24, 2.45) is 0 Å². The van der Waals surface area contributed by atoms with E-state index in [0.29, 0.717) is 12.2 Å². The average molecular weight is 294 g/mol. The quantitative estimate of drug-likeness (QED) is 0.873. The molecule has 20 heavy (non-hydrogen) atoms. The van der Waals surface area contributed by atoms with Crippen LogP contribution in [0.3, 0.4) is 0 Å². The van der Waals surface area contributed by atoms with Crippen molar-refractivity contribution < 1.29 is 8.42 Å². The van der Waals surface area contributed by atoms with Gasteiger partial charge in [-0.05, 0) is 43.0 Å². The Bertz CT molecular complexity index is 612. The van der Waals surface area contributed by atoms with Crippen LogP contribution in [-0.4, -0.2) is 32.0 Å². The minimum Gasteiger partial charge on any atom is -0.312 e. The molecule has 0 radical (unpaired) electrons. The number of benzene rings is 1. The molecule has 110 valence electrons. The predicted molar refractivity (Wildman–Crippen MR) is 80.4 cm³/mol. The molecule has 0 aromatic heterocycles. The molecular formula is C15H22N2O2S. The van der Waals surface area contributed by atoms with Gasteiger partial charge in [0.15, 0.2) is 9.84 Å². The van der Waals surface area contributed by atoms with Crippen molar-refractivity contribution in [3.8, 4) is 0 Å². The van der Waals surface area contributed by atoms with Crippen molar-refractivity contribution in [2.75, 3.05) is 18.1 Å². The summed E-state index contributed by atoms with van der Waals surface area (Å²) in [6.07, 6.45) is 1.81. The summed E-state index contributed by atoms with van der Waals surface area (Å²) in [6, 6.07) is 6.60. The van der Waals surface area contributed by atoms with E-state index < -0.39 is 9.84 Å². The number of hydrogen-bond donors (Lipinski definition) is 2. The third kappa shape index (κ3) is 3.05. The molecule has 0 aliphatic carbocycles. The summed E-state index contributed by atoms with van der Waals surface area (Å²) in [7, 11) is -2.85. The summed E-state index contributed by atoms with van der Waals surface area (Å²) in [5.74, 6) is 0.567. The highest BCUT2D eigenvalue weighted by Gasteiger charge is 2.37. The number of nitrogens with one attached hydrogen (secondary N) is 2. The van der Waals surface area contributed by atoms with Gasteiger partial charge in [0.1, 0.15) is 0 Å². The van der Waals surface area contributed by atoms with Gasteiger partial charge in [-0.1, -0.05) is 18.2 Å². The Kier molecular flexibility index (Phi) is 3.60. The van der Waals surface area contributed by atoms with Crippen molar-refractivity contribution >= 4 is 9.84 Å². The van der Waals surface area contributed by atoms with Gasteiger partial charge >= 0.3 is 0 Å². The van der Waals surface area contributed by atoms with E-state index in [1.54, 1.807) is 0 Å². The molecule has 0 spiro atoms. The Morgan fingerprint density at radius 1 is 1.35 bits per heavy atom. The molecular weight excluding hydrogens is 272 g/mol. The van der Waals surface area contributed by atoms with Crippen LogP contribution >= 0.6 is 0 Å². The Morgan fingerprint density at radius 2 is 2.20 bits per heavy atom. The second kappa shape index (κ2) is 5.13. The van der Waals surface area contributed by atoms with E-state index in [1.807, 2.05) is 6.92 Å². The maximum Gasteiger partial charge on any atom is 0.152 e. The summed E-state index contributed by atoms with van der Waals surface area (Å²) < 4.78 is 23.2. The fourth-order valence-electron chi connectivity index (χ4n) is 3.11. The van der Waals surface area contributed by atoms with Gasteiger partial charge in [-0.25, -0.2) is 8.42 Å². The van der Waals surface area contributed by atoms with Crippen LogP contribution in [-0.2, 0) is 29.3 Å². The predicted octanol–water partition coefficient (Wildman–Crippen LogP) is 0.999. The smallest absolute Gasteiger partial charge is 0.152 e. The van der Waals surface area contributed by atoms with Gasteiger partial charge in [-0.15, -0.1) is 0 Å². The fraction of sp³-hybridized carbons (Fsp3) is 0.600. The highest BCUT2D eigenvalue weighted by Crippen LogP contribution is 2.24. The first-order chi connectivity index (χ1) is 9.46. The summed E-state index contributed by atoms with van der Waals surface area (Å²) in [5, 5.41) is 6.82. The van der Waals surface area contributed by atoms with Crippen LogP contribution in [0.5, 0.6) is 0 Å². The van der Waals surface area contributed by atoms with Gasteiger partial charge in [-0.3, -0.25) is 0 Å². The number of hydrogen-bond acceptors (Lipinski definition) is 4. The molecule has 1 fully saturated rings. The van der Waals surface area contributed by atoms with E-state index in [9.17, 15) is 8.42 Å². The third-order valence-electron chi connectivity index (χ3n) is 4.38. The monoisotopic (exact) mass is 294 g/mol. The molecule has 2 aliphatic heterocycles. The number of fused-ring (bicyclic) bond motifs is 1. The zero-order valence-electron chi connectivity index (χ0n) is 11.9. The fourth-order valence-corrected chi connectivity index (χ4v) is 5.23. The lowest BCUT2D eigenvalue weighted by Gasteiger charge is -2.25. The van der Waals surface area contributed by atoms with Crippen molar-refractivity contribution in [2.45, 2.75) is 38.4 Å². The van der Waals surface area contributed by atoms with Crippen LogP contribution < -0.4 is 10.6 Å². The first kappa shape index (κ1) is 14.0. The zero-order valence-corrected chi connectivity index (χ0v) is 12.7. The maximum absolute atomic E-state index is 11.6. The second-order valence-electron chi connectivity index (χ2n) is 6.29. The summed E-state index contributed by atoms with van der Waals surface area (Å²) >= 11 is 0. The molecule has 1 aromatic rings. The molecule has 4 nitrogen and oxygen atoms in total. The van der Waals surface area contributed by atoms with Crippen LogP contribution in [0.4, 0.5) is 0 Å². The molecule has 1 aromatic carbocycles. The van der Waals surface area contributed by atoms with E-state index >= 15 is 0 Å². The molecule has 1 atom stereocenters. The first-order valence-corrected chi connectivity index (χ1v) is 9.05. The van der Waals surface area contributed by atoms with Gasteiger partial charge < -0.3 is 10.6 Å². The lowest BCUT2D eigenvalue weighted by Crippen LogP contribution is -2.42. The highest BCUT2D eigenvalue weighted by atomic mass is 32.2. The Balaban J connectivity index is 1.67. The van der Waals surface area contributed by atoms with Gasteiger partial charge in [-0.2, -0.15) is 0 Å². The van der Waals surface area contributed by atoms with Gasteiger partial charge in [0.2, 0.25) is 0 Å². The van der Waals surface area contributed by atoms with Crippen LogP contribution in [0, 0.1) is 0 Å². The third-order valence-corrected chi connectivity index (χ3v) is 6.28. The molecule has 5 heteroatoms. The summed E-state index contributed by atoms with van der Waals surface area (Å²) in [4.78, 5) is 0. The van der Waals surface area contributed by atoms with Crippen LogP contribution in [0.1, 0.15) is 30.0 Å². The Morgan fingerprint density at radius 3 is 2.95 bits per heavy atom. The number of rotatable bonds is 3. The largest absolute Gasteiger partial charge is 0.312 e. The summed E-state index contributed by atoms with van der Waals surface area (Å²) in [5.41, 5.74) is 3.77. The van der Waals surface area contributed by atoms with E-state index in [1.165, 1.54) is 16.7 Å². The molecule has 0 bridgehead atoms. The second-order valence-corrected chi connectivity index (χ2v) is 8.47. The lowest BCUT2D eigenvalue weighted by molar-refractivity contribution is 0.395. The van der Waals surface area contributed by atoms with Crippen molar-refractivity contribution in [1.82, 2.24) is 10.6 Å². The van der Waals surface area contributed by atoms with Crippen LogP contribution in [0.15, 0.2) is 18.2 Å². The van der Waals surface area contributed by atoms with E-state index in [4.69, 9.17) is 0 Å². The van der Waals surface area contributed by atoms with Crippen molar-refractivity contribution in [1.29, 1.82) is 0 Å². The first-order valence-electron chi connectivity index (χ1n) is 7.23. The molecule has 2 N–H and O–H groups in total. The van der Waals surface area contributed by atoms with Crippen molar-refractivity contribution in [3.63, 3.8) is 0 Å². The van der Waals surface area contributed by atoms with Gasteiger partial charge in [0.05, 0.1) is 11.5 Å². The van der Waals surface area contributed by atoms with Gasteiger partial charge in [0, 0.05) is 18.6 Å². The van der Waals surface area contributed by atoms with E-state index in [2.05, 4.69) is 28.8 Å². The standard InChI is InChI=1S/C15H22N2O2S/c1-15(5-7-20(18,19)11-15)17-9-12-2-3-13-4-6-16-10-14(13)8-12/h2-3,8,16-17H,4-7,9-11H2,1H3. The Hall–Kier alpha value is -0.910. The molecule has 2 heterocycles. The maximum atomic E-state index is 11.6. The van der Waals surface area contributed by atoms with Crippen molar-refractivity contribution in [3.05, 3.63) is 34.9 Å². The minimum atomic E-state index is -2.85. The summed E-state index contributed by atoms with van der Waals surface area (Å²) in [6.45, 7) is 4.74. The Labute approximate surface area is 120 Å². The minimum absolute atomic E-state index is 0.256. The van der Waals surface area contributed by atoms with Gasteiger partial charge in [0.25, 0.3) is 0 Å². The molecule has 0 amide bonds. The van der Waals surface area contributed by atoms with Crippen LogP contribution in [0.2, 0.25) is 0 Å². The average Bonchev–Trinajstić information content (AvgIpc) is 2.71. The number of sulfone groups is 1. The zero-order chi connectivity index (χ0) is 14.2. The SMILES string of the molecule is CC1(NCc2ccc3c(c2)CNCC3)CCS(=O)(=O)C1. The molecule has 2 aliphatic rings. The molecule has 0 saturated carbocycles. The molecule has 3 rings (SSSR count). The van der Waals surface area contributed by atoms with Crippen LogP contribution in [0.25, 0.3) is 0 Å². The topological polar surface area (TPSA) is 58.2 Å². The van der Waals surface area contributed by atoms with E-state index in [-0.39, 0.29) is 11.3 Å². The normalized spacial score (nSPS) is 28.2. The highest BCUT2D eigenvalue weighted by molar-refractivity contribution is 7.91. The molecule has 1 unspecified atom stereocenters. The van der Waals surface area contributed by atoms with E-state index in [0.717, 1.165) is 26.1 Å². The lowest BCUT2D eigenvalue weighted by atomic mass is 9.97. The molecule has 1 saturated heterocycles.